The fourth-order valence-corrected chi connectivity index (χ4v) is 3.36. The van der Waals surface area contributed by atoms with Crippen molar-refractivity contribution in [1.29, 1.82) is 0 Å². The van der Waals surface area contributed by atoms with Crippen molar-refractivity contribution in [3.05, 3.63) is 58.3 Å². The van der Waals surface area contributed by atoms with E-state index in [1.807, 2.05) is 18.2 Å². The summed E-state index contributed by atoms with van der Waals surface area (Å²) in [6, 6.07) is 11.0. The minimum absolute atomic E-state index is 0.411. The van der Waals surface area contributed by atoms with Gasteiger partial charge in [-0.15, -0.1) is 0 Å². The van der Waals surface area contributed by atoms with E-state index in [1.165, 1.54) is 6.33 Å². The number of fused-ring (bicyclic) bond motifs is 1. The summed E-state index contributed by atoms with van der Waals surface area (Å²) in [5.41, 5.74) is 2.42. The molecule has 0 aliphatic rings. The van der Waals surface area contributed by atoms with E-state index >= 15 is 0 Å². The third-order valence-electron chi connectivity index (χ3n) is 3.27. The minimum atomic E-state index is -0.959. The van der Waals surface area contributed by atoms with Crippen LogP contribution in [-0.2, 0) is 16.6 Å². The van der Waals surface area contributed by atoms with Crippen LogP contribution in [-0.4, -0.2) is 20.4 Å². The first-order valence-electron chi connectivity index (χ1n) is 6.78. The van der Waals surface area contributed by atoms with Gasteiger partial charge in [0.05, 0.1) is 5.52 Å². The Bertz CT molecular complexity index is 902. The molecular formula is C16H13Cl2N3OS. The fraction of sp³-hybridized carbons (Fsp3) is 0.125. The molecule has 0 spiro atoms. The van der Waals surface area contributed by atoms with Gasteiger partial charge in [0.2, 0.25) is 0 Å². The van der Waals surface area contributed by atoms with Crippen LogP contribution in [0.1, 0.15) is 5.56 Å². The first kappa shape index (κ1) is 16.2. The van der Waals surface area contributed by atoms with Gasteiger partial charge in [0.25, 0.3) is 0 Å². The average Bonchev–Trinajstić information content (AvgIpc) is 2.50. The van der Waals surface area contributed by atoms with E-state index in [1.54, 1.807) is 24.5 Å². The molecule has 7 heteroatoms. The number of rotatable bonds is 4. The average molecular weight is 366 g/mol. The Hall–Kier alpha value is -1.69. The van der Waals surface area contributed by atoms with Crippen LogP contribution in [0.4, 0.5) is 11.5 Å². The molecule has 1 atom stereocenters. The highest BCUT2D eigenvalue weighted by Crippen LogP contribution is 2.27. The van der Waals surface area contributed by atoms with Crippen LogP contribution >= 0.6 is 23.2 Å². The molecule has 0 fully saturated rings. The first-order valence-corrected chi connectivity index (χ1v) is 9.27. The van der Waals surface area contributed by atoms with Crippen molar-refractivity contribution in [1.82, 2.24) is 9.97 Å². The molecule has 0 bridgehead atoms. The van der Waals surface area contributed by atoms with Crippen LogP contribution in [0, 0.1) is 0 Å². The predicted molar refractivity (Wildman–Crippen MR) is 97.1 cm³/mol. The highest BCUT2D eigenvalue weighted by atomic mass is 35.5. The van der Waals surface area contributed by atoms with Crippen molar-refractivity contribution in [2.24, 2.45) is 0 Å². The number of halogens is 2. The molecule has 2 aromatic carbocycles. The van der Waals surface area contributed by atoms with Crippen LogP contribution in [0.3, 0.4) is 0 Å². The second-order valence-electron chi connectivity index (χ2n) is 5.03. The molecule has 0 radical (unpaired) electrons. The Labute approximate surface area is 146 Å². The summed E-state index contributed by atoms with van der Waals surface area (Å²) in [4.78, 5) is 8.51. The van der Waals surface area contributed by atoms with Gasteiger partial charge in [-0.3, -0.25) is 4.21 Å². The maximum absolute atomic E-state index is 11.4. The van der Waals surface area contributed by atoms with Crippen LogP contribution in [0.25, 0.3) is 10.9 Å². The number of nitrogens with zero attached hydrogens (tertiary/aromatic N) is 2. The van der Waals surface area contributed by atoms with Crippen molar-refractivity contribution in [3.63, 3.8) is 0 Å². The lowest BCUT2D eigenvalue weighted by Crippen LogP contribution is -1.98. The molecule has 1 aromatic heterocycles. The molecule has 4 nitrogen and oxygen atoms in total. The first-order chi connectivity index (χ1) is 11.0. The van der Waals surface area contributed by atoms with Crippen molar-refractivity contribution >= 4 is 56.4 Å². The van der Waals surface area contributed by atoms with E-state index in [0.717, 1.165) is 22.2 Å². The van der Waals surface area contributed by atoms with Gasteiger partial charge in [0, 0.05) is 43.9 Å². The summed E-state index contributed by atoms with van der Waals surface area (Å²) in [6.45, 7) is 0. The van der Waals surface area contributed by atoms with Crippen molar-refractivity contribution in [3.8, 4) is 0 Å². The molecular weight excluding hydrogens is 353 g/mol. The maximum atomic E-state index is 11.4. The van der Waals surface area contributed by atoms with Gasteiger partial charge in [-0.25, -0.2) is 9.97 Å². The lowest BCUT2D eigenvalue weighted by atomic mass is 10.2. The summed E-state index contributed by atoms with van der Waals surface area (Å²) in [6.07, 6.45) is 3.14. The molecule has 118 valence electrons. The summed E-state index contributed by atoms with van der Waals surface area (Å²) >= 11 is 12.1. The largest absolute Gasteiger partial charge is 0.340 e. The van der Waals surface area contributed by atoms with Crippen LogP contribution in [0.2, 0.25) is 10.0 Å². The second kappa shape index (κ2) is 6.83. The quantitative estimate of drug-likeness (QED) is 0.736. The summed E-state index contributed by atoms with van der Waals surface area (Å²) < 4.78 is 11.4. The van der Waals surface area contributed by atoms with Crippen molar-refractivity contribution in [2.45, 2.75) is 5.75 Å². The molecule has 23 heavy (non-hydrogen) atoms. The third-order valence-corrected chi connectivity index (χ3v) is 4.59. The van der Waals surface area contributed by atoms with E-state index in [2.05, 4.69) is 15.3 Å². The van der Waals surface area contributed by atoms with Gasteiger partial charge in [-0.05, 0) is 42.0 Å². The van der Waals surface area contributed by atoms with E-state index < -0.39 is 10.8 Å². The Morgan fingerprint density at radius 2 is 1.96 bits per heavy atom. The van der Waals surface area contributed by atoms with Crippen molar-refractivity contribution in [2.75, 3.05) is 11.6 Å². The zero-order chi connectivity index (χ0) is 16.4. The Morgan fingerprint density at radius 3 is 2.74 bits per heavy atom. The van der Waals surface area contributed by atoms with Crippen LogP contribution in [0.15, 0.2) is 42.7 Å². The Balaban J connectivity index is 1.98. The van der Waals surface area contributed by atoms with Crippen molar-refractivity contribution < 1.29 is 4.21 Å². The van der Waals surface area contributed by atoms with Gasteiger partial charge >= 0.3 is 0 Å². The smallest absolute Gasteiger partial charge is 0.141 e. The topological polar surface area (TPSA) is 54.9 Å². The normalized spacial score (nSPS) is 12.3. The number of hydrogen-bond donors (Lipinski definition) is 1. The van der Waals surface area contributed by atoms with E-state index in [4.69, 9.17) is 23.2 Å². The van der Waals surface area contributed by atoms with E-state index in [-0.39, 0.29) is 0 Å². The molecule has 0 amide bonds. The highest BCUT2D eigenvalue weighted by Gasteiger charge is 2.08. The maximum Gasteiger partial charge on any atom is 0.141 e. The Kier molecular flexibility index (Phi) is 4.80. The van der Waals surface area contributed by atoms with Gasteiger partial charge in [-0.2, -0.15) is 0 Å². The van der Waals surface area contributed by atoms with Gasteiger partial charge in [0.1, 0.15) is 12.1 Å². The molecule has 1 N–H and O–H groups in total. The minimum Gasteiger partial charge on any atom is -0.340 e. The second-order valence-corrected chi connectivity index (χ2v) is 7.31. The number of anilines is 2. The summed E-state index contributed by atoms with van der Waals surface area (Å²) in [5.74, 6) is 1.09. The number of hydrogen-bond acceptors (Lipinski definition) is 4. The zero-order valence-electron chi connectivity index (χ0n) is 12.2. The summed E-state index contributed by atoms with van der Waals surface area (Å²) in [5, 5.41) is 5.35. The standard InChI is InChI=1S/C16H13Cl2N3OS/c1-23(22)8-10-6-12(3-5-14(10)18)21-16-13-4-2-11(17)7-15(13)19-9-20-16/h2-7,9H,8H2,1H3,(H,19,20,21). The van der Waals surface area contributed by atoms with Gasteiger partial charge < -0.3 is 5.32 Å². The third kappa shape index (κ3) is 3.80. The molecule has 0 saturated heterocycles. The van der Waals surface area contributed by atoms with E-state index in [9.17, 15) is 4.21 Å². The van der Waals surface area contributed by atoms with E-state index in [0.29, 0.717) is 21.6 Å². The number of benzene rings is 2. The number of nitrogens with one attached hydrogen (secondary N) is 1. The lowest BCUT2D eigenvalue weighted by Gasteiger charge is -2.10. The van der Waals surface area contributed by atoms with Crippen LogP contribution < -0.4 is 5.32 Å². The monoisotopic (exact) mass is 365 g/mol. The molecule has 0 aliphatic carbocycles. The lowest BCUT2D eigenvalue weighted by molar-refractivity contribution is 0.686. The molecule has 1 unspecified atom stereocenters. The fourth-order valence-electron chi connectivity index (χ4n) is 2.25. The molecule has 3 aromatic rings. The molecule has 3 rings (SSSR count). The highest BCUT2D eigenvalue weighted by molar-refractivity contribution is 7.83. The molecule has 1 heterocycles. The summed E-state index contributed by atoms with van der Waals surface area (Å²) in [7, 11) is -0.959. The molecule has 0 aliphatic heterocycles. The van der Waals surface area contributed by atoms with Crippen LogP contribution in [0.5, 0.6) is 0 Å². The SMILES string of the molecule is CS(=O)Cc1cc(Nc2ncnc3cc(Cl)ccc23)ccc1Cl. The molecule has 0 saturated carbocycles. The van der Waals surface area contributed by atoms with Gasteiger partial charge in [0.15, 0.2) is 0 Å². The number of aromatic nitrogens is 2. The Morgan fingerprint density at radius 1 is 1.13 bits per heavy atom. The zero-order valence-corrected chi connectivity index (χ0v) is 14.5. The predicted octanol–water partition coefficient (Wildman–Crippen LogP) is 4.56. The van der Waals surface area contributed by atoms with Gasteiger partial charge in [-0.1, -0.05) is 23.2 Å².